The monoisotopic (exact) mass is 226 g/mol. The molecule has 4 unspecified atom stereocenters. The van der Waals surface area contributed by atoms with Gasteiger partial charge in [-0.25, -0.2) is 0 Å². The van der Waals surface area contributed by atoms with Crippen molar-refractivity contribution in [1.82, 2.24) is 10.6 Å². The van der Waals surface area contributed by atoms with Crippen molar-refractivity contribution < 1.29 is 9.90 Å². The van der Waals surface area contributed by atoms with Crippen LogP contribution in [0, 0.1) is 11.8 Å². The molecule has 2 rings (SSSR count). The van der Waals surface area contributed by atoms with Gasteiger partial charge in [0.05, 0.1) is 12.0 Å². The molecular weight excluding hydrogens is 204 g/mol. The third-order valence-corrected chi connectivity index (χ3v) is 3.94. The minimum atomic E-state index is -0.144. The fourth-order valence-electron chi connectivity index (χ4n) is 2.83. The molecule has 92 valence electrons. The first kappa shape index (κ1) is 11.9. The third-order valence-electron chi connectivity index (χ3n) is 3.94. The second-order valence-electron chi connectivity index (χ2n) is 5.22. The third kappa shape index (κ3) is 2.74. The largest absolute Gasteiger partial charge is 0.393 e. The average Bonchev–Trinajstić information content (AvgIpc) is 2.84. The van der Waals surface area contributed by atoms with E-state index in [-0.39, 0.29) is 17.9 Å². The summed E-state index contributed by atoms with van der Waals surface area (Å²) in [5, 5.41) is 15.7. The first-order valence-electron chi connectivity index (χ1n) is 6.36. The zero-order chi connectivity index (χ0) is 11.5. The highest BCUT2D eigenvalue weighted by Gasteiger charge is 2.30. The van der Waals surface area contributed by atoms with E-state index in [1.54, 1.807) is 0 Å². The Hall–Kier alpha value is -0.610. The number of hydrogen-bond donors (Lipinski definition) is 3. The van der Waals surface area contributed by atoms with E-state index in [9.17, 15) is 9.90 Å². The number of aliphatic hydroxyl groups excluding tert-OH is 1. The van der Waals surface area contributed by atoms with Crippen LogP contribution in [0.5, 0.6) is 0 Å². The second-order valence-corrected chi connectivity index (χ2v) is 5.22. The molecule has 2 fully saturated rings. The molecule has 0 aromatic carbocycles. The minimum absolute atomic E-state index is 0.131. The summed E-state index contributed by atoms with van der Waals surface area (Å²) in [7, 11) is 0. The van der Waals surface area contributed by atoms with Crippen LogP contribution >= 0.6 is 0 Å². The number of aliphatic hydroxyl groups is 1. The molecule has 4 nitrogen and oxygen atoms in total. The Morgan fingerprint density at radius 2 is 2.25 bits per heavy atom. The molecule has 0 spiro atoms. The van der Waals surface area contributed by atoms with Gasteiger partial charge < -0.3 is 15.7 Å². The average molecular weight is 226 g/mol. The summed E-state index contributed by atoms with van der Waals surface area (Å²) < 4.78 is 0. The zero-order valence-electron chi connectivity index (χ0n) is 9.91. The quantitative estimate of drug-likeness (QED) is 0.647. The fourth-order valence-corrected chi connectivity index (χ4v) is 2.83. The van der Waals surface area contributed by atoms with Gasteiger partial charge in [-0.3, -0.25) is 4.79 Å². The van der Waals surface area contributed by atoms with Gasteiger partial charge in [-0.15, -0.1) is 0 Å². The van der Waals surface area contributed by atoms with E-state index >= 15 is 0 Å². The number of hydrogen-bond acceptors (Lipinski definition) is 3. The molecule has 0 bridgehead atoms. The van der Waals surface area contributed by atoms with Crippen LogP contribution in [-0.4, -0.2) is 36.2 Å². The van der Waals surface area contributed by atoms with Gasteiger partial charge in [-0.1, -0.05) is 0 Å². The molecule has 1 aliphatic carbocycles. The summed E-state index contributed by atoms with van der Waals surface area (Å²) in [5.41, 5.74) is 0. The minimum Gasteiger partial charge on any atom is -0.393 e. The maximum absolute atomic E-state index is 11.9. The van der Waals surface area contributed by atoms with Gasteiger partial charge in [0.15, 0.2) is 0 Å². The molecule has 0 aromatic rings. The highest BCUT2D eigenvalue weighted by Crippen LogP contribution is 2.24. The van der Waals surface area contributed by atoms with E-state index < -0.39 is 0 Å². The number of nitrogens with one attached hydrogen (secondary N) is 2. The van der Waals surface area contributed by atoms with Gasteiger partial charge >= 0.3 is 0 Å². The van der Waals surface area contributed by atoms with Crippen LogP contribution < -0.4 is 10.6 Å². The standard InChI is InChI=1S/C12H22N2O2/c1-8-11(4-5-13-8)12(16)14-7-9-2-3-10(15)6-9/h8-11,13,15H,2-7H2,1H3,(H,14,16). The molecule has 1 saturated carbocycles. The van der Waals surface area contributed by atoms with Gasteiger partial charge in [-0.2, -0.15) is 0 Å². The Morgan fingerprint density at radius 3 is 2.81 bits per heavy atom. The summed E-state index contributed by atoms with van der Waals surface area (Å²) >= 11 is 0. The normalized spacial score (nSPS) is 38.9. The van der Waals surface area contributed by atoms with Crippen molar-refractivity contribution in [1.29, 1.82) is 0 Å². The molecule has 1 heterocycles. The van der Waals surface area contributed by atoms with E-state index in [0.29, 0.717) is 12.0 Å². The Kier molecular flexibility index (Phi) is 3.82. The van der Waals surface area contributed by atoms with Crippen LogP contribution in [0.2, 0.25) is 0 Å². The summed E-state index contributed by atoms with van der Waals surface area (Å²) in [5.74, 6) is 0.786. The zero-order valence-corrected chi connectivity index (χ0v) is 9.91. The molecule has 1 saturated heterocycles. The fraction of sp³-hybridized carbons (Fsp3) is 0.917. The van der Waals surface area contributed by atoms with Gasteiger partial charge in [0, 0.05) is 12.6 Å². The van der Waals surface area contributed by atoms with Crippen molar-refractivity contribution in [3.63, 3.8) is 0 Å². The van der Waals surface area contributed by atoms with Crippen molar-refractivity contribution >= 4 is 5.91 Å². The van der Waals surface area contributed by atoms with Crippen molar-refractivity contribution in [3.8, 4) is 0 Å². The molecule has 1 amide bonds. The van der Waals surface area contributed by atoms with Crippen molar-refractivity contribution in [2.75, 3.05) is 13.1 Å². The highest BCUT2D eigenvalue weighted by atomic mass is 16.3. The van der Waals surface area contributed by atoms with E-state index in [4.69, 9.17) is 0 Å². The van der Waals surface area contributed by atoms with Crippen LogP contribution in [0.4, 0.5) is 0 Å². The molecular formula is C12H22N2O2. The Bertz CT molecular complexity index is 257. The smallest absolute Gasteiger partial charge is 0.224 e. The Labute approximate surface area is 96.8 Å². The SMILES string of the molecule is CC1NCCC1C(=O)NCC1CCC(O)C1. The summed E-state index contributed by atoms with van der Waals surface area (Å²) in [6, 6.07) is 0.300. The second kappa shape index (κ2) is 5.15. The van der Waals surface area contributed by atoms with E-state index in [1.165, 1.54) is 0 Å². The maximum Gasteiger partial charge on any atom is 0.224 e. The molecule has 2 aliphatic rings. The topological polar surface area (TPSA) is 61.4 Å². The van der Waals surface area contributed by atoms with Crippen LogP contribution in [0.15, 0.2) is 0 Å². The Morgan fingerprint density at radius 1 is 1.44 bits per heavy atom. The van der Waals surface area contributed by atoms with Crippen molar-refractivity contribution in [2.24, 2.45) is 11.8 Å². The number of amides is 1. The predicted octanol–water partition coefficient (Wildman–Crippen LogP) is 0.262. The lowest BCUT2D eigenvalue weighted by Gasteiger charge is -2.17. The number of carbonyl (C=O) groups excluding carboxylic acids is 1. The molecule has 0 aromatic heterocycles. The molecule has 3 N–H and O–H groups in total. The molecule has 16 heavy (non-hydrogen) atoms. The van der Waals surface area contributed by atoms with Crippen LogP contribution in [0.25, 0.3) is 0 Å². The van der Waals surface area contributed by atoms with Gasteiger partial charge in [0.1, 0.15) is 0 Å². The number of carbonyl (C=O) groups is 1. The highest BCUT2D eigenvalue weighted by molar-refractivity contribution is 5.79. The summed E-state index contributed by atoms with van der Waals surface area (Å²) in [4.78, 5) is 11.9. The molecule has 1 aliphatic heterocycles. The van der Waals surface area contributed by atoms with Crippen LogP contribution in [0.3, 0.4) is 0 Å². The Balaban J connectivity index is 1.71. The van der Waals surface area contributed by atoms with Gasteiger partial charge in [0.25, 0.3) is 0 Å². The van der Waals surface area contributed by atoms with E-state index in [0.717, 1.165) is 38.8 Å². The van der Waals surface area contributed by atoms with Gasteiger partial charge in [-0.05, 0) is 45.1 Å². The first-order chi connectivity index (χ1) is 7.66. The van der Waals surface area contributed by atoms with Crippen molar-refractivity contribution in [3.05, 3.63) is 0 Å². The predicted molar refractivity (Wildman–Crippen MR) is 61.9 cm³/mol. The molecule has 4 heteroatoms. The van der Waals surface area contributed by atoms with Crippen LogP contribution in [0.1, 0.15) is 32.6 Å². The first-order valence-corrected chi connectivity index (χ1v) is 6.36. The van der Waals surface area contributed by atoms with Crippen LogP contribution in [-0.2, 0) is 4.79 Å². The lowest BCUT2D eigenvalue weighted by molar-refractivity contribution is -0.125. The van der Waals surface area contributed by atoms with E-state index in [1.807, 2.05) is 0 Å². The lowest BCUT2D eigenvalue weighted by atomic mass is 10.0. The summed E-state index contributed by atoms with van der Waals surface area (Å²) in [6.45, 7) is 3.75. The van der Waals surface area contributed by atoms with E-state index in [2.05, 4.69) is 17.6 Å². The van der Waals surface area contributed by atoms with Crippen molar-refractivity contribution in [2.45, 2.75) is 44.8 Å². The van der Waals surface area contributed by atoms with Gasteiger partial charge in [0.2, 0.25) is 5.91 Å². The molecule has 4 atom stereocenters. The maximum atomic E-state index is 11.9. The summed E-state index contributed by atoms with van der Waals surface area (Å²) in [6.07, 6.45) is 3.58. The number of rotatable bonds is 3. The molecule has 0 radical (unpaired) electrons. The lowest BCUT2D eigenvalue weighted by Crippen LogP contribution is -2.38.